The Bertz CT molecular complexity index is 499. The van der Waals surface area contributed by atoms with Gasteiger partial charge >= 0.3 is 0 Å². The van der Waals surface area contributed by atoms with E-state index in [1.54, 1.807) is 18.2 Å². The summed E-state index contributed by atoms with van der Waals surface area (Å²) in [5.74, 6) is 0.178. The summed E-state index contributed by atoms with van der Waals surface area (Å²) < 4.78 is 14.8. The van der Waals surface area contributed by atoms with Gasteiger partial charge in [-0.15, -0.1) is 0 Å². The molecule has 0 fully saturated rings. The quantitative estimate of drug-likeness (QED) is 0.838. The fourth-order valence-corrected chi connectivity index (χ4v) is 1.90. The average molecular weight is 347 g/mol. The molecule has 0 atom stereocenters. The van der Waals surface area contributed by atoms with E-state index in [1.165, 1.54) is 12.4 Å². The third-order valence-electron chi connectivity index (χ3n) is 1.85. The highest BCUT2D eigenvalue weighted by molar-refractivity contribution is 9.10. The number of halogens is 3. The zero-order valence-corrected chi connectivity index (χ0v) is 11.1. The van der Waals surface area contributed by atoms with E-state index >= 15 is 0 Å². The van der Waals surface area contributed by atoms with Crippen LogP contribution < -0.4 is 5.32 Å². The molecule has 0 aliphatic heterocycles. The molecule has 1 N–H and O–H groups in total. The number of rotatable bonds is 2. The molecule has 0 saturated carbocycles. The van der Waals surface area contributed by atoms with E-state index < -0.39 is 0 Å². The smallest absolute Gasteiger partial charge is 0.147 e. The van der Waals surface area contributed by atoms with Crippen molar-refractivity contribution in [3.8, 4) is 0 Å². The van der Waals surface area contributed by atoms with Crippen LogP contribution >= 0.6 is 31.9 Å². The summed E-state index contributed by atoms with van der Waals surface area (Å²) in [6, 6.07) is 6.42. The van der Waals surface area contributed by atoms with Crippen molar-refractivity contribution in [3.05, 3.63) is 45.5 Å². The van der Waals surface area contributed by atoms with E-state index in [1.807, 2.05) is 0 Å². The first-order valence-corrected chi connectivity index (χ1v) is 5.94. The zero-order valence-electron chi connectivity index (χ0n) is 7.92. The number of para-hydroxylation sites is 1. The third-order valence-corrected chi connectivity index (χ3v) is 2.94. The second-order valence-corrected chi connectivity index (χ2v) is 4.61. The predicted molar refractivity (Wildman–Crippen MR) is 67.1 cm³/mol. The first kappa shape index (κ1) is 11.5. The Morgan fingerprint density at radius 3 is 2.69 bits per heavy atom. The lowest BCUT2D eigenvalue weighted by atomic mass is 10.3. The summed E-state index contributed by atoms with van der Waals surface area (Å²) in [5.41, 5.74) is 0.355. The van der Waals surface area contributed by atoms with Crippen LogP contribution in [0.5, 0.6) is 0 Å². The van der Waals surface area contributed by atoms with Gasteiger partial charge in [-0.2, -0.15) is 0 Å². The maximum absolute atomic E-state index is 13.5. The summed E-state index contributed by atoms with van der Waals surface area (Å²) in [4.78, 5) is 7.86. The molecule has 0 aliphatic rings. The minimum Gasteiger partial charge on any atom is -0.337 e. The molecular formula is C10H6Br2FN3. The van der Waals surface area contributed by atoms with E-state index in [9.17, 15) is 4.39 Å². The predicted octanol–water partition coefficient (Wildman–Crippen LogP) is 3.88. The van der Waals surface area contributed by atoms with Crippen molar-refractivity contribution in [1.29, 1.82) is 0 Å². The van der Waals surface area contributed by atoms with Crippen molar-refractivity contribution in [2.75, 3.05) is 5.32 Å². The molecule has 0 amide bonds. The van der Waals surface area contributed by atoms with Crippen molar-refractivity contribution in [2.45, 2.75) is 0 Å². The number of hydrogen-bond acceptors (Lipinski definition) is 3. The maximum atomic E-state index is 13.5. The largest absolute Gasteiger partial charge is 0.337 e. The van der Waals surface area contributed by atoms with Crippen LogP contribution in [0.1, 0.15) is 0 Å². The highest BCUT2D eigenvalue weighted by Gasteiger charge is 2.07. The topological polar surface area (TPSA) is 37.8 Å². The normalized spacial score (nSPS) is 10.2. The Balaban J connectivity index is 2.34. The van der Waals surface area contributed by atoms with Crippen LogP contribution in [0, 0.1) is 5.82 Å². The van der Waals surface area contributed by atoms with Crippen molar-refractivity contribution in [2.24, 2.45) is 0 Å². The second-order valence-electron chi connectivity index (χ2n) is 2.95. The molecule has 0 radical (unpaired) electrons. The Labute approximate surface area is 108 Å². The lowest BCUT2D eigenvalue weighted by Gasteiger charge is -2.08. The van der Waals surface area contributed by atoms with Crippen LogP contribution in [-0.2, 0) is 0 Å². The van der Waals surface area contributed by atoms with Gasteiger partial charge in [-0.25, -0.2) is 14.4 Å². The van der Waals surface area contributed by atoms with Crippen molar-refractivity contribution < 1.29 is 4.39 Å². The van der Waals surface area contributed by atoms with Gasteiger partial charge in [-0.05, 0) is 44.0 Å². The average Bonchev–Trinajstić information content (AvgIpc) is 2.24. The number of hydrogen-bond donors (Lipinski definition) is 1. The number of aromatic nitrogens is 2. The van der Waals surface area contributed by atoms with E-state index in [4.69, 9.17) is 0 Å². The van der Waals surface area contributed by atoms with Gasteiger partial charge < -0.3 is 5.32 Å². The maximum Gasteiger partial charge on any atom is 0.147 e. The molecule has 2 rings (SSSR count). The van der Waals surface area contributed by atoms with Gasteiger partial charge in [0.25, 0.3) is 0 Å². The molecule has 0 bridgehead atoms. The van der Waals surface area contributed by atoms with Gasteiger partial charge in [-0.3, -0.25) is 0 Å². The Hall–Kier alpha value is -1.01. The minimum absolute atomic E-state index is 0.343. The third kappa shape index (κ3) is 2.56. The van der Waals surface area contributed by atoms with Crippen LogP contribution in [-0.4, -0.2) is 9.97 Å². The summed E-state index contributed by atoms with van der Waals surface area (Å²) in [5, 5.41) is 2.88. The van der Waals surface area contributed by atoms with Gasteiger partial charge in [-0.1, -0.05) is 6.07 Å². The molecule has 0 spiro atoms. The lowest BCUT2D eigenvalue weighted by molar-refractivity contribution is 0.631. The molecule has 0 aliphatic carbocycles. The van der Waals surface area contributed by atoms with Crippen LogP contribution in [0.2, 0.25) is 0 Å². The Kier molecular flexibility index (Phi) is 3.50. The highest BCUT2D eigenvalue weighted by atomic mass is 79.9. The van der Waals surface area contributed by atoms with Gasteiger partial charge in [0, 0.05) is 10.5 Å². The van der Waals surface area contributed by atoms with E-state index in [0.717, 1.165) is 0 Å². The molecule has 3 nitrogen and oxygen atoms in total. The van der Waals surface area contributed by atoms with Gasteiger partial charge in [0.15, 0.2) is 0 Å². The minimum atomic E-state index is -0.343. The number of anilines is 2. The Morgan fingerprint density at radius 1 is 1.19 bits per heavy atom. The van der Waals surface area contributed by atoms with Crippen LogP contribution in [0.4, 0.5) is 15.9 Å². The SMILES string of the molecule is Fc1cccc(Br)c1Nc1cc(Br)ncn1. The highest BCUT2D eigenvalue weighted by Crippen LogP contribution is 2.28. The molecule has 2 aromatic rings. The summed E-state index contributed by atoms with van der Waals surface area (Å²) in [6.45, 7) is 0. The molecule has 16 heavy (non-hydrogen) atoms. The molecular weight excluding hydrogens is 341 g/mol. The van der Waals surface area contributed by atoms with E-state index in [0.29, 0.717) is 20.6 Å². The summed E-state index contributed by atoms with van der Waals surface area (Å²) in [6.07, 6.45) is 1.39. The van der Waals surface area contributed by atoms with Crippen LogP contribution in [0.3, 0.4) is 0 Å². The molecule has 1 aromatic heterocycles. The zero-order chi connectivity index (χ0) is 11.5. The second kappa shape index (κ2) is 4.88. The molecule has 82 valence electrons. The summed E-state index contributed by atoms with van der Waals surface area (Å²) >= 11 is 6.48. The fourth-order valence-electron chi connectivity index (χ4n) is 1.15. The number of benzene rings is 1. The fraction of sp³-hybridized carbons (Fsp3) is 0. The molecule has 1 aromatic carbocycles. The number of nitrogens with zero attached hydrogens (tertiary/aromatic N) is 2. The van der Waals surface area contributed by atoms with Crippen molar-refractivity contribution in [1.82, 2.24) is 9.97 Å². The van der Waals surface area contributed by atoms with E-state index in [-0.39, 0.29) is 5.82 Å². The molecule has 6 heteroatoms. The van der Waals surface area contributed by atoms with Gasteiger partial charge in [0.1, 0.15) is 22.6 Å². The monoisotopic (exact) mass is 345 g/mol. The van der Waals surface area contributed by atoms with E-state index in [2.05, 4.69) is 47.1 Å². The first-order chi connectivity index (χ1) is 7.66. The molecule has 1 heterocycles. The Morgan fingerprint density at radius 2 is 2.00 bits per heavy atom. The van der Waals surface area contributed by atoms with Gasteiger partial charge in [0.2, 0.25) is 0 Å². The number of nitrogens with one attached hydrogen (secondary N) is 1. The molecule has 0 saturated heterocycles. The van der Waals surface area contributed by atoms with Crippen molar-refractivity contribution in [3.63, 3.8) is 0 Å². The first-order valence-electron chi connectivity index (χ1n) is 4.35. The van der Waals surface area contributed by atoms with Gasteiger partial charge in [0.05, 0.1) is 5.69 Å². The standard InChI is InChI=1S/C10H6Br2FN3/c11-6-2-1-3-7(13)10(6)16-9-4-8(12)14-5-15-9/h1-5H,(H,14,15,16). The van der Waals surface area contributed by atoms with Crippen molar-refractivity contribution >= 4 is 43.4 Å². The van der Waals surface area contributed by atoms with Crippen LogP contribution in [0.15, 0.2) is 39.7 Å². The molecule has 0 unspecified atom stereocenters. The summed E-state index contributed by atoms with van der Waals surface area (Å²) in [7, 11) is 0. The lowest BCUT2D eigenvalue weighted by Crippen LogP contribution is -1.97. The van der Waals surface area contributed by atoms with Crippen LogP contribution in [0.25, 0.3) is 0 Å².